The van der Waals surface area contributed by atoms with Crippen LogP contribution in [0.15, 0.2) is 120 Å². The molecule has 3 aliphatic heterocycles. The molecule has 0 spiro atoms. The number of methoxy groups -OCH3 is 1. The highest BCUT2D eigenvalue weighted by molar-refractivity contribution is 6.07. The molecule has 3 atom stereocenters. The summed E-state index contributed by atoms with van der Waals surface area (Å²) in [6, 6.07) is 30.5. The van der Waals surface area contributed by atoms with Gasteiger partial charge in [-0.25, -0.2) is 19.7 Å². The van der Waals surface area contributed by atoms with E-state index in [2.05, 4.69) is 65.4 Å². The second-order valence-corrected chi connectivity index (χ2v) is 31.9. The Kier molecular flexibility index (Phi) is 38.4. The van der Waals surface area contributed by atoms with Gasteiger partial charge < -0.3 is 121 Å². The summed E-state index contributed by atoms with van der Waals surface area (Å²) in [7, 11) is 3.20. The van der Waals surface area contributed by atoms with Gasteiger partial charge in [-0.05, 0) is 98.5 Å². The van der Waals surface area contributed by atoms with Crippen molar-refractivity contribution < 1.29 is 95.3 Å². The molecule has 0 radical (unpaired) electrons. The van der Waals surface area contributed by atoms with Gasteiger partial charge in [0.05, 0.1) is 175 Å². The lowest BCUT2D eigenvalue weighted by atomic mass is 9.87. The van der Waals surface area contributed by atoms with E-state index in [1.165, 1.54) is 12.0 Å². The third-order valence-corrected chi connectivity index (χ3v) is 22.5. The predicted octanol–water partition coefficient (Wildman–Crippen LogP) is 2.11. The van der Waals surface area contributed by atoms with Gasteiger partial charge in [0.15, 0.2) is 5.60 Å². The third kappa shape index (κ3) is 29.8. The van der Waals surface area contributed by atoms with Crippen molar-refractivity contribution in [1.29, 1.82) is 0 Å². The van der Waals surface area contributed by atoms with Gasteiger partial charge in [-0.2, -0.15) is 0 Å². The van der Waals surface area contributed by atoms with E-state index in [-0.39, 0.29) is 108 Å². The molecule has 4 aliphatic rings. The Morgan fingerprint density at radius 1 is 0.651 bits per heavy atom. The number of carbonyl (C=O) groups is 9. The Hall–Kier alpha value is -11.4. The standard InChI is InChI=1S/C91H121N17O21/c1-90(100-29-10-13-64-16-21-76(119-3)75(52-64)107-33-25-82(114)108(89(107)118)61-98-85(115)66(54-78(94)110)59-127-50-49-126-48-47-125-46-45-124-44-43-123-42-41-122-40-39-121-38-37-120-36-26-77(93)109)27-34-105(35-28-90)68-23-31-106(32-24-68)88-102-73-20-17-65(72-58-104(2)87(117)83-70(72)22-30-95-83)53-71(73)84(103-88)91(129-69-18-19-69,67-14-8-5-9-15-67)60-128-62-99-80(112)56-97-86(116)74(51-63-11-6-4-7-12-63)101-81(113)57-96-79(111)55-92/h4-9,11-12,14-17,20-22,30,52-53,58,66,68-69,74,95,100H,18-19,23-29,31-51,54-57,59-62,92H2,1-3H3,(H2,93,109)(H2,94,110)(H,96,111)(H,97,116)(H,98,115)(H,99,112)(H,101,113)/t66-,74-,91-/m0/s1. The maximum Gasteiger partial charge on any atom is 0.332 e. The minimum Gasteiger partial charge on any atom is -0.495 e. The first kappa shape index (κ1) is 98.2. The molecule has 0 bridgehead atoms. The van der Waals surface area contributed by atoms with Gasteiger partial charge in [0.1, 0.15) is 30.7 Å². The van der Waals surface area contributed by atoms with Crippen LogP contribution < -0.4 is 69.2 Å². The number of H-pyrrole nitrogens is 1. The summed E-state index contributed by atoms with van der Waals surface area (Å²) in [6.45, 7) is 8.47. The molecular weight excluding hydrogens is 1670 g/mol. The van der Waals surface area contributed by atoms with Crippen LogP contribution in [0.2, 0.25) is 0 Å². The quantitative estimate of drug-likeness (QED) is 0.0148. The number of amides is 10. The molecule has 3 saturated heterocycles. The number of aromatic amines is 1. The van der Waals surface area contributed by atoms with Crippen molar-refractivity contribution in [2.24, 2.45) is 30.2 Å². The zero-order valence-corrected chi connectivity index (χ0v) is 73.6. The number of nitrogens with zero attached hydrogens (tertiary/aromatic N) is 7. The van der Waals surface area contributed by atoms with Crippen LogP contribution in [0.4, 0.5) is 16.4 Å². The fourth-order valence-electron chi connectivity index (χ4n) is 15.2. The first-order valence-corrected chi connectivity index (χ1v) is 43.7. The Balaban J connectivity index is 0.648. The number of carbonyl (C=O) groups excluding carboxylic acids is 9. The highest BCUT2D eigenvalue weighted by atomic mass is 16.6. The van der Waals surface area contributed by atoms with Crippen molar-refractivity contribution >= 4 is 86.7 Å². The molecule has 129 heavy (non-hydrogen) atoms. The summed E-state index contributed by atoms with van der Waals surface area (Å²) >= 11 is 0. The van der Waals surface area contributed by atoms with Gasteiger partial charge in [-0.3, -0.25) is 48.1 Å². The fraction of sp³-hybridized carbons (Fsp3) is 0.516. The molecule has 0 unspecified atom stereocenters. The first-order valence-electron chi connectivity index (χ1n) is 43.7. The van der Waals surface area contributed by atoms with Crippen LogP contribution in [0, 0.1) is 17.8 Å². The monoisotopic (exact) mass is 1790 g/mol. The zero-order chi connectivity index (χ0) is 91.3. The van der Waals surface area contributed by atoms with Gasteiger partial charge >= 0.3 is 6.03 Å². The van der Waals surface area contributed by atoms with Crippen LogP contribution in [0.5, 0.6) is 5.75 Å². The predicted molar refractivity (Wildman–Crippen MR) is 477 cm³/mol. The highest BCUT2D eigenvalue weighted by Gasteiger charge is 2.46. The first-order chi connectivity index (χ1) is 62.6. The van der Waals surface area contributed by atoms with Crippen molar-refractivity contribution in [3.63, 3.8) is 0 Å². The average Bonchev–Trinajstić information content (AvgIpc) is 1.69. The molecule has 38 heteroatoms. The number of benzene rings is 4. The lowest BCUT2D eigenvalue weighted by Crippen LogP contribution is -2.56. The van der Waals surface area contributed by atoms with Crippen LogP contribution >= 0.6 is 0 Å². The van der Waals surface area contributed by atoms with E-state index in [9.17, 15) is 47.9 Å². The Bertz CT molecular complexity index is 5000. The number of fused-ring (bicyclic) bond motifs is 2. The summed E-state index contributed by atoms with van der Waals surface area (Å²) in [5.74, 6) is 1.76. The number of hydrogen-bond donors (Lipinski definition) is 10. The normalized spacial score (nSPS) is 15.8. The molecule has 11 rings (SSSR count). The Labute approximate surface area is 748 Å². The number of ether oxygens (including phenoxy) is 11. The number of rotatable bonds is 55. The minimum absolute atomic E-state index is 0.0416. The molecule has 4 fully saturated rings. The summed E-state index contributed by atoms with van der Waals surface area (Å²) < 4.78 is 65.1. The topological polar surface area (TPSA) is 482 Å². The number of imide groups is 1. The van der Waals surface area contributed by atoms with E-state index in [0.29, 0.717) is 137 Å². The van der Waals surface area contributed by atoms with Crippen LogP contribution in [0.1, 0.15) is 87.1 Å². The second-order valence-electron chi connectivity index (χ2n) is 31.9. The number of nitrogens with one attached hydrogen (secondary N) is 7. The smallest absolute Gasteiger partial charge is 0.332 e. The van der Waals surface area contributed by atoms with Gasteiger partial charge in [0.25, 0.3) is 5.56 Å². The SMILES string of the molecule is COc1ccc(C#CCNC2(C)CCN(C3CCN(c4nc([C@@](COCNC(=O)CNC(=O)[C@H](Cc5ccccc5)NC(=O)CNC(=O)CN)(OC5CC5)c5ccccc5)c5cc(-c6cn(C)c(=O)c7[nH]ccc67)ccc5n4)CC3)CC2)cc1N1CCC(=O)N(CNC(=O)[C@H](COCCOCCOCCOCCOCCOCCOCCOCCC(N)=O)CC(N)=O)C1=O. The number of nitrogens with two attached hydrogens (primary N) is 3. The fourth-order valence-corrected chi connectivity index (χ4v) is 15.2. The number of aryl methyl sites for hydroxylation is 1. The third-order valence-electron chi connectivity index (χ3n) is 22.5. The van der Waals surface area contributed by atoms with Crippen molar-refractivity contribution in [1.82, 2.24) is 61.2 Å². The Morgan fingerprint density at radius 2 is 1.29 bits per heavy atom. The molecule has 38 nitrogen and oxygen atoms in total. The summed E-state index contributed by atoms with van der Waals surface area (Å²) in [4.78, 5) is 151. The van der Waals surface area contributed by atoms with Crippen molar-refractivity contribution in [2.75, 3.05) is 202 Å². The maximum absolute atomic E-state index is 14.2. The molecule has 6 heterocycles. The molecule has 4 aromatic carbocycles. The summed E-state index contributed by atoms with van der Waals surface area (Å²) in [5, 5.41) is 18.3. The number of piperidine rings is 2. The lowest BCUT2D eigenvalue weighted by molar-refractivity contribution is -0.134. The maximum atomic E-state index is 14.2. The number of urea groups is 1. The van der Waals surface area contributed by atoms with E-state index in [0.717, 1.165) is 84.2 Å². The molecule has 696 valence electrons. The van der Waals surface area contributed by atoms with E-state index in [1.807, 2.05) is 79.0 Å². The molecule has 1 saturated carbocycles. The van der Waals surface area contributed by atoms with Crippen molar-refractivity contribution in [3.8, 4) is 28.7 Å². The van der Waals surface area contributed by atoms with Gasteiger partial charge in [-0.15, -0.1) is 0 Å². The van der Waals surface area contributed by atoms with Gasteiger partial charge in [-0.1, -0.05) is 78.6 Å². The van der Waals surface area contributed by atoms with Crippen molar-refractivity contribution in [3.05, 3.63) is 148 Å². The second kappa shape index (κ2) is 50.5. The van der Waals surface area contributed by atoms with Crippen molar-refractivity contribution in [2.45, 2.75) is 100 Å². The van der Waals surface area contributed by atoms with Gasteiger partial charge in [0, 0.05) is 111 Å². The van der Waals surface area contributed by atoms with Gasteiger partial charge in [0.2, 0.25) is 53.2 Å². The van der Waals surface area contributed by atoms with Crippen LogP contribution in [0.3, 0.4) is 0 Å². The molecule has 13 N–H and O–H groups in total. The number of likely N-dealkylation sites (tertiary alicyclic amines) is 1. The number of primary amides is 2. The van der Waals surface area contributed by atoms with Crippen LogP contribution in [0.25, 0.3) is 32.9 Å². The number of hydrogen-bond acceptors (Lipinski definition) is 27. The summed E-state index contributed by atoms with van der Waals surface area (Å²) in [5.41, 5.74) is 20.0. The zero-order valence-electron chi connectivity index (χ0n) is 73.6. The average molecular weight is 1790 g/mol. The van der Waals surface area contributed by atoms with E-state index >= 15 is 0 Å². The highest BCUT2D eigenvalue weighted by Crippen LogP contribution is 2.44. The van der Waals surface area contributed by atoms with Crippen LogP contribution in [-0.4, -0.2) is 298 Å². The van der Waals surface area contributed by atoms with E-state index in [4.69, 9.17) is 79.3 Å². The molecule has 10 amide bonds. The number of anilines is 2. The van der Waals surface area contributed by atoms with E-state index < -0.39 is 90.6 Å². The molecule has 7 aromatic rings. The minimum atomic E-state index is -1.39. The molecular formula is C91H121N17O21. The molecule has 3 aromatic heterocycles. The number of aromatic nitrogens is 4. The molecule has 1 aliphatic carbocycles. The largest absolute Gasteiger partial charge is 0.495 e. The summed E-state index contributed by atoms with van der Waals surface area (Å²) in [6.07, 6.45) is 8.30. The van der Waals surface area contributed by atoms with Crippen LogP contribution in [-0.2, 0) is 105 Å². The Morgan fingerprint density at radius 3 is 1.91 bits per heavy atom. The van der Waals surface area contributed by atoms with E-state index in [1.54, 1.807) is 48.1 Å². The lowest BCUT2D eigenvalue weighted by Gasteiger charge is -2.45. The number of pyridine rings is 1.